The lowest BCUT2D eigenvalue weighted by molar-refractivity contribution is -0.115. The maximum atomic E-state index is 14.1. The van der Waals surface area contributed by atoms with Gasteiger partial charge in [0.25, 0.3) is 10.0 Å². The van der Waals surface area contributed by atoms with E-state index in [2.05, 4.69) is 19.9 Å². The highest BCUT2D eigenvalue weighted by Crippen LogP contribution is 2.42. The summed E-state index contributed by atoms with van der Waals surface area (Å²) in [6, 6.07) is 20.5. The zero-order chi connectivity index (χ0) is 26.0. The summed E-state index contributed by atoms with van der Waals surface area (Å²) in [5.41, 5.74) is 4.50. The number of aromatic amines is 1. The normalized spacial score (nSPS) is 14.1. The molecular weight excluding hydrogens is 488 g/mol. The summed E-state index contributed by atoms with van der Waals surface area (Å²) in [5.74, 6) is -0.270. The van der Waals surface area contributed by atoms with Crippen LogP contribution in [0, 0.1) is 6.92 Å². The minimum absolute atomic E-state index is 0.0189. The molecule has 0 saturated carbocycles. The molecule has 0 radical (unpaired) electrons. The van der Waals surface area contributed by atoms with E-state index >= 15 is 0 Å². The van der Waals surface area contributed by atoms with E-state index in [1.807, 2.05) is 55.5 Å². The molecule has 3 N–H and O–H groups in total. The fourth-order valence-corrected chi connectivity index (χ4v) is 5.99. The Hall–Kier alpha value is -3.82. The van der Waals surface area contributed by atoms with Crippen molar-refractivity contribution in [2.45, 2.75) is 25.2 Å². The van der Waals surface area contributed by atoms with Crippen molar-refractivity contribution in [1.29, 1.82) is 0 Å². The van der Waals surface area contributed by atoms with Crippen molar-refractivity contribution in [3.05, 3.63) is 72.3 Å². The van der Waals surface area contributed by atoms with Crippen LogP contribution < -0.4 is 14.9 Å². The van der Waals surface area contributed by atoms with Crippen molar-refractivity contribution in [3.8, 4) is 11.3 Å². The fourth-order valence-electron chi connectivity index (χ4n) is 4.55. The Kier molecular flexibility index (Phi) is 6.90. The summed E-state index contributed by atoms with van der Waals surface area (Å²) in [6.07, 6.45) is 0.220. The maximum absolute atomic E-state index is 14.1. The topological polar surface area (TPSA) is 104 Å². The van der Waals surface area contributed by atoms with Crippen molar-refractivity contribution in [2.24, 2.45) is 0 Å². The molecule has 1 aromatic heterocycles. The van der Waals surface area contributed by atoms with Gasteiger partial charge in [0.15, 0.2) is 0 Å². The minimum Gasteiger partial charge on any atom is -0.378 e. The summed E-state index contributed by atoms with van der Waals surface area (Å²) in [6.45, 7) is 6.01. The van der Waals surface area contributed by atoms with E-state index in [9.17, 15) is 13.2 Å². The van der Waals surface area contributed by atoms with Crippen molar-refractivity contribution in [2.75, 3.05) is 41.2 Å². The van der Waals surface area contributed by atoms with Gasteiger partial charge in [-0.05, 0) is 43.3 Å². The van der Waals surface area contributed by atoms with Crippen LogP contribution in [-0.2, 0) is 19.6 Å². The number of carbonyl (C=O) groups excluding carboxylic acids is 1. The van der Waals surface area contributed by atoms with Crippen LogP contribution in [0.5, 0.6) is 0 Å². The van der Waals surface area contributed by atoms with Gasteiger partial charge >= 0.3 is 0 Å². The number of aromatic nitrogens is 1. The number of hydrogen-bond donors (Lipinski definition) is 3. The van der Waals surface area contributed by atoms with E-state index in [4.69, 9.17) is 4.74 Å². The number of amides is 1. The summed E-state index contributed by atoms with van der Waals surface area (Å²) in [4.78, 5) is 18.0. The number of H-pyrrole nitrogens is 1. The van der Waals surface area contributed by atoms with Gasteiger partial charge in [-0.3, -0.25) is 9.52 Å². The van der Waals surface area contributed by atoms with Gasteiger partial charge in [-0.2, -0.15) is 0 Å². The molecule has 1 amide bonds. The molecule has 37 heavy (non-hydrogen) atoms. The zero-order valence-electron chi connectivity index (χ0n) is 20.9. The number of anilines is 3. The lowest BCUT2D eigenvalue weighted by Gasteiger charge is -2.32. The predicted molar refractivity (Wildman–Crippen MR) is 148 cm³/mol. The summed E-state index contributed by atoms with van der Waals surface area (Å²) in [5, 5.41) is 3.78. The van der Waals surface area contributed by atoms with Gasteiger partial charge in [0.2, 0.25) is 5.91 Å². The van der Waals surface area contributed by atoms with Gasteiger partial charge in [-0.1, -0.05) is 42.8 Å². The molecule has 1 fully saturated rings. The molecule has 0 unspecified atom stereocenters. The second kappa shape index (κ2) is 10.3. The van der Waals surface area contributed by atoms with Gasteiger partial charge in [0.1, 0.15) is 4.90 Å². The van der Waals surface area contributed by atoms with Gasteiger partial charge in [-0.25, -0.2) is 8.42 Å². The van der Waals surface area contributed by atoms with Gasteiger partial charge < -0.3 is 19.9 Å². The number of hydrogen-bond acceptors (Lipinski definition) is 5. The van der Waals surface area contributed by atoms with Crippen molar-refractivity contribution in [3.63, 3.8) is 0 Å². The number of sulfonamides is 1. The zero-order valence-corrected chi connectivity index (χ0v) is 21.7. The van der Waals surface area contributed by atoms with E-state index in [0.29, 0.717) is 43.2 Å². The summed E-state index contributed by atoms with van der Waals surface area (Å²) >= 11 is 0. The summed E-state index contributed by atoms with van der Waals surface area (Å²) in [7, 11) is -4.13. The Labute approximate surface area is 216 Å². The number of benzene rings is 3. The van der Waals surface area contributed by atoms with Crippen LogP contribution in [0.2, 0.25) is 0 Å². The monoisotopic (exact) mass is 518 g/mol. The number of para-hydroxylation sites is 1. The number of morpholine rings is 1. The van der Waals surface area contributed by atoms with Crippen molar-refractivity contribution in [1.82, 2.24) is 4.98 Å². The largest absolute Gasteiger partial charge is 0.378 e. The average molecular weight is 519 g/mol. The molecule has 2 heterocycles. The van der Waals surface area contributed by atoms with Crippen LogP contribution >= 0.6 is 0 Å². The second-order valence-electron chi connectivity index (χ2n) is 9.08. The van der Waals surface area contributed by atoms with E-state index in [1.54, 1.807) is 25.1 Å². The van der Waals surface area contributed by atoms with E-state index in [-0.39, 0.29) is 22.9 Å². The lowest BCUT2D eigenvalue weighted by Crippen LogP contribution is -2.36. The average Bonchev–Trinajstić information content (AvgIpc) is 3.34. The molecule has 0 spiro atoms. The first-order valence-electron chi connectivity index (χ1n) is 12.3. The van der Waals surface area contributed by atoms with Crippen LogP contribution in [0.15, 0.2) is 71.6 Å². The smallest absolute Gasteiger partial charge is 0.264 e. The molecule has 4 aromatic rings. The molecule has 1 aliphatic heterocycles. The number of nitrogens with zero attached hydrogens (tertiary/aromatic N) is 1. The first-order valence-corrected chi connectivity index (χ1v) is 13.8. The SMILES string of the molecule is CCC(=O)Nc1ccc(N2CCOCC2)c(-c2cc3ccccc3[nH]2)c1S(=O)(=O)Nc1ccc(C)cc1. The van der Waals surface area contributed by atoms with Gasteiger partial charge in [0, 0.05) is 47.4 Å². The van der Waals surface area contributed by atoms with Crippen molar-refractivity contribution >= 4 is 43.9 Å². The molecule has 1 aliphatic rings. The predicted octanol–water partition coefficient (Wildman–Crippen LogP) is 5.13. The molecule has 8 nitrogen and oxygen atoms in total. The van der Waals surface area contributed by atoms with Crippen LogP contribution in [0.25, 0.3) is 22.2 Å². The highest BCUT2D eigenvalue weighted by molar-refractivity contribution is 7.93. The summed E-state index contributed by atoms with van der Waals surface area (Å²) < 4.78 is 36.5. The number of aryl methyl sites for hydroxylation is 1. The van der Waals surface area contributed by atoms with E-state index < -0.39 is 10.0 Å². The number of carbonyl (C=O) groups is 1. The molecule has 192 valence electrons. The Bertz CT molecular complexity index is 1510. The number of rotatable bonds is 7. The van der Waals surface area contributed by atoms with E-state index in [1.165, 1.54) is 0 Å². The Balaban J connectivity index is 1.76. The first-order chi connectivity index (χ1) is 17.9. The highest BCUT2D eigenvalue weighted by atomic mass is 32.2. The van der Waals surface area contributed by atoms with Crippen LogP contribution in [0.4, 0.5) is 17.1 Å². The first kappa shape index (κ1) is 24.9. The third-order valence-corrected chi connectivity index (χ3v) is 7.92. The molecule has 0 atom stereocenters. The Morgan fingerprint density at radius 3 is 2.46 bits per heavy atom. The third kappa shape index (κ3) is 5.19. The number of ether oxygens (including phenoxy) is 1. The number of nitrogens with one attached hydrogen (secondary N) is 3. The molecule has 1 saturated heterocycles. The Morgan fingerprint density at radius 1 is 1.03 bits per heavy atom. The fraction of sp³-hybridized carbons (Fsp3) is 0.250. The van der Waals surface area contributed by atoms with Crippen LogP contribution in [-0.4, -0.2) is 45.6 Å². The molecule has 3 aromatic carbocycles. The van der Waals surface area contributed by atoms with Crippen LogP contribution in [0.1, 0.15) is 18.9 Å². The lowest BCUT2D eigenvalue weighted by atomic mass is 10.1. The molecule has 9 heteroatoms. The molecule has 5 rings (SSSR count). The van der Waals surface area contributed by atoms with Gasteiger partial charge in [0.05, 0.1) is 24.6 Å². The number of fused-ring (bicyclic) bond motifs is 1. The second-order valence-corrected chi connectivity index (χ2v) is 10.7. The van der Waals surface area contributed by atoms with Crippen LogP contribution in [0.3, 0.4) is 0 Å². The molecule has 0 bridgehead atoms. The Morgan fingerprint density at radius 2 is 1.76 bits per heavy atom. The molecule has 0 aliphatic carbocycles. The molecular formula is C28H30N4O4S. The third-order valence-electron chi connectivity index (χ3n) is 6.45. The van der Waals surface area contributed by atoms with Crippen molar-refractivity contribution < 1.29 is 17.9 Å². The minimum atomic E-state index is -4.13. The highest BCUT2D eigenvalue weighted by Gasteiger charge is 2.30. The standard InChI is InChI=1S/C28H30N4O4S/c1-3-26(33)30-23-12-13-25(32-14-16-36-17-15-32)27(24-18-20-6-4-5-7-22(20)29-24)28(23)37(34,35)31-21-10-8-19(2)9-11-21/h4-13,18,29,31H,3,14-17H2,1-2H3,(H,30,33). The maximum Gasteiger partial charge on any atom is 0.264 e. The van der Waals surface area contributed by atoms with E-state index in [0.717, 1.165) is 22.2 Å². The van der Waals surface area contributed by atoms with Gasteiger partial charge in [-0.15, -0.1) is 0 Å². The quantitative estimate of drug-likeness (QED) is 0.315.